The summed E-state index contributed by atoms with van der Waals surface area (Å²) >= 11 is 5.38. The van der Waals surface area contributed by atoms with E-state index in [1.165, 1.54) is 0 Å². The lowest BCUT2D eigenvalue weighted by Gasteiger charge is -2.23. The van der Waals surface area contributed by atoms with Crippen LogP contribution in [0.25, 0.3) is 0 Å². The molecular formula is C19H25N3S. The van der Waals surface area contributed by atoms with E-state index >= 15 is 0 Å². The van der Waals surface area contributed by atoms with Crippen molar-refractivity contribution in [3.63, 3.8) is 0 Å². The lowest BCUT2D eigenvalue weighted by atomic mass is 10.2. The van der Waals surface area contributed by atoms with E-state index in [9.17, 15) is 0 Å². The van der Waals surface area contributed by atoms with Gasteiger partial charge < -0.3 is 4.90 Å². The second kappa shape index (κ2) is 10.6. The first-order valence-corrected chi connectivity index (χ1v) is 8.31. The lowest BCUT2D eigenvalue weighted by Crippen LogP contribution is -2.32. The number of allylic oxidation sites excluding steroid dienone is 3. The number of rotatable bonds is 6. The summed E-state index contributed by atoms with van der Waals surface area (Å²) in [5, 5.41) is 0.339. The third-order valence-corrected chi connectivity index (χ3v) is 3.43. The van der Waals surface area contributed by atoms with E-state index in [0.29, 0.717) is 11.5 Å². The van der Waals surface area contributed by atoms with Crippen molar-refractivity contribution in [2.24, 2.45) is 9.98 Å². The number of benzene rings is 1. The molecule has 3 nitrogen and oxygen atoms in total. The van der Waals surface area contributed by atoms with Gasteiger partial charge in [0.2, 0.25) is 5.11 Å². The number of aliphatic imine (C=N–C) groups is 2. The number of thiocarbonyl (C=S) groups is 1. The van der Waals surface area contributed by atoms with Crippen LogP contribution in [0.1, 0.15) is 32.8 Å². The highest BCUT2D eigenvalue weighted by Gasteiger charge is 2.11. The number of hydrogen-bond acceptors (Lipinski definition) is 1. The Morgan fingerprint density at radius 3 is 2.35 bits per heavy atom. The van der Waals surface area contributed by atoms with Gasteiger partial charge in [-0.05, 0) is 39.1 Å². The van der Waals surface area contributed by atoms with E-state index < -0.39 is 0 Å². The molecule has 122 valence electrons. The minimum Gasteiger partial charge on any atom is -0.357 e. The fourth-order valence-electron chi connectivity index (χ4n) is 2.16. The third kappa shape index (κ3) is 6.28. The molecule has 0 aliphatic carbocycles. The average molecular weight is 327 g/mol. The summed E-state index contributed by atoms with van der Waals surface area (Å²) in [6, 6.07) is 10.1. The van der Waals surface area contributed by atoms with Crippen molar-refractivity contribution >= 4 is 28.9 Å². The second-order valence-corrected chi connectivity index (χ2v) is 5.22. The van der Waals surface area contributed by atoms with Crippen molar-refractivity contribution in [3.05, 3.63) is 60.7 Å². The number of hydrogen-bond donors (Lipinski definition) is 0. The molecule has 0 amide bonds. The van der Waals surface area contributed by atoms with Crippen LogP contribution in [-0.4, -0.2) is 34.6 Å². The Morgan fingerprint density at radius 2 is 1.83 bits per heavy atom. The van der Waals surface area contributed by atoms with Crippen LogP contribution in [0.4, 0.5) is 0 Å². The van der Waals surface area contributed by atoms with Gasteiger partial charge >= 0.3 is 0 Å². The molecule has 0 atom stereocenters. The molecule has 1 rings (SSSR count). The van der Waals surface area contributed by atoms with Gasteiger partial charge in [-0.25, -0.2) is 9.98 Å². The van der Waals surface area contributed by atoms with Gasteiger partial charge in [-0.3, -0.25) is 0 Å². The molecule has 0 spiro atoms. The Bertz CT molecular complexity index is 596. The van der Waals surface area contributed by atoms with Gasteiger partial charge in [0.15, 0.2) is 0 Å². The van der Waals surface area contributed by atoms with E-state index in [1.807, 2.05) is 55.5 Å². The van der Waals surface area contributed by atoms with Gasteiger partial charge in [0, 0.05) is 30.8 Å². The normalized spacial score (nSPS) is 12.5. The Kier molecular flexibility index (Phi) is 8.76. The predicted molar refractivity (Wildman–Crippen MR) is 106 cm³/mol. The molecule has 0 radical (unpaired) electrons. The third-order valence-electron chi connectivity index (χ3n) is 3.25. The van der Waals surface area contributed by atoms with Crippen LogP contribution in [0.15, 0.2) is 65.1 Å². The Morgan fingerprint density at radius 1 is 1.17 bits per heavy atom. The number of amidine groups is 1. The van der Waals surface area contributed by atoms with Gasteiger partial charge in [-0.1, -0.05) is 42.5 Å². The summed E-state index contributed by atoms with van der Waals surface area (Å²) in [4.78, 5) is 11.2. The SMILES string of the molecule is C=CCC(C=CC)=NC(=S)N=C(c1ccccc1)N(CC)CC. The highest BCUT2D eigenvalue weighted by atomic mass is 32.1. The van der Waals surface area contributed by atoms with Crippen molar-refractivity contribution in [3.8, 4) is 0 Å². The molecule has 0 aliphatic rings. The van der Waals surface area contributed by atoms with Gasteiger partial charge in [0.05, 0.1) is 0 Å². The molecule has 0 N–H and O–H groups in total. The summed E-state index contributed by atoms with van der Waals surface area (Å²) in [5.74, 6) is 0.864. The van der Waals surface area contributed by atoms with Crippen LogP contribution in [-0.2, 0) is 0 Å². The van der Waals surface area contributed by atoms with Crippen LogP contribution < -0.4 is 0 Å². The molecule has 4 heteroatoms. The minimum absolute atomic E-state index is 0.339. The lowest BCUT2D eigenvalue weighted by molar-refractivity contribution is 0.467. The summed E-state index contributed by atoms with van der Waals surface area (Å²) in [5.41, 5.74) is 1.91. The Balaban J connectivity index is 3.20. The van der Waals surface area contributed by atoms with Crippen molar-refractivity contribution in [2.75, 3.05) is 13.1 Å². The average Bonchev–Trinajstić information content (AvgIpc) is 2.56. The molecule has 0 saturated heterocycles. The minimum atomic E-state index is 0.339. The van der Waals surface area contributed by atoms with E-state index in [-0.39, 0.29) is 0 Å². The summed E-state index contributed by atoms with van der Waals surface area (Å²) in [7, 11) is 0. The summed E-state index contributed by atoms with van der Waals surface area (Å²) in [6.07, 6.45) is 6.36. The summed E-state index contributed by atoms with van der Waals surface area (Å²) < 4.78 is 0. The fraction of sp³-hybridized carbons (Fsp3) is 0.316. The maximum absolute atomic E-state index is 5.38. The van der Waals surface area contributed by atoms with Gasteiger partial charge in [0.1, 0.15) is 5.84 Å². The molecule has 0 saturated carbocycles. The molecule has 0 aliphatic heterocycles. The molecular weight excluding hydrogens is 302 g/mol. The zero-order valence-electron chi connectivity index (χ0n) is 14.2. The highest BCUT2D eigenvalue weighted by molar-refractivity contribution is 7.80. The zero-order chi connectivity index (χ0) is 17.1. The second-order valence-electron chi connectivity index (χ2n) is 4.85. The van der Waals surface area contributed by atoms with Crippen LogP contribution >= 0.6 is 12.2 Å². The topological polar surface area (TPSA) is 28.0 Å². The quantitative estimate of drug-likeness (QED) is 0.329. The molecule has 0 unspecified atom stereocenters. The van der Waals surface area contributed by atoms with Crippen LogP contribution in [0.3, 0.4) is 0 Å². The van der Waals surface area contributed by atoms with E-state index in [2.05, 4.69) is 35.3 Å². The number of nitrogens with zero attached hydrogens (tertiary/aromatic N) is 3. The van der Waals surface area contributed by atoms with Crippen molar-refractivity contribution in [1.29, 1.82) is 0 Å². The molecule has 0 aromatic heterocycles. The van der Waals surface area contributed by atoms with E-state index in [4.69, 9.17) is 12.2 Å². The smallest absolute Gasteiger partial charge is 0.221 e. The van der Waals surface area contributed by atoms with Gasteiger partial charge in [-0.15, -0.1) is 6.58 Å². The van der Waals surface area contributed by atoms with Gasteiger partial charge in [0.25, 0.3) is 0 Å². The van der Waals surface area contributed by atoms with Crippen molar-refractivity contribution < 1.29 is 0 Å². The van der Waals surface area contributed by atoms with E-state index in [0.717, 1.165) is 30.2 Å². The molecule has 1 aromatic rings. The maximum atomic E-state index is 5.38. The van der Waals surface area contributed by atoms with Crippen LogP contribution in [0, 0.1) is 0 Å². The largest absolute Gasteiger partial charge is 0.357 e. The zero-order valence-corrected chi connectivity index (χ0v) is 15.0. The molecule has 0 heterocycles. The monoisotopic (exact) mass is 327 g/mol. The summed E-state index contributed by atoms with van der Waals surface area (Å²) in [6.45, 7) is 11.7. The Labute approximate surface area is 145 Å². The van der Waals surface area contributed by atoms with Crippen LogP contribution in [0.5, 0.6) is 0 Å². The standard InChI is InChI=1S/C19H25N3S/c1-5-12-17(13-6-2)20-19(23)21-18(22(7-3)8-4)16-14-10-9-11-15-16/h5-6,9-11,13-15H,1,7-8,12H2,2-4H3. The van der Waals surface area contributed by atoms with E-state index in [1.54, 1.807) is 0 Å². The maximum Gasteiger partial charge on any atom is 0.221 e. The first-order chi connectivity index (χ1) is 11.2. The fourth-order valence-corrected chi connectivity index (χ4v) is 2.36. The predicted octanol–water partition coefficient (Wildman–Crippen LogP) is 4.65. The molecule has 23 heavy (non-hydrogen) atoms. The Hall–Kier alpha value is -2.07. The first kappa shape index (κ1) is 19.0. The van der Waals surface area contributed by atoms with Crippen molar-refractivity contribution in [2.45, 2.75) is 27.2 Å². The molecule has 0 bridgehead atoms. The first-order valence-electron chi connectivity index (χ1n) is 7.90. The highest BCUT2D eigenvalue weighted by Crippen LogP contribution is 2.08. The molecule has 1 aromatic carbocycles. The van der Waals surface area contributed by atoms with Gasteiger partial charge in [-0.2, -0.15) is 0 Å². The molecule has 0 fully saturated rings. The van der Waals surface area contributed by atoms with Crippen LogP contribution in [0.2, 0.25) is 0 Å². The van der Waals surface area contributed by atoms with Crippen molar-refractivity contribution in [1.82, 2.24) is 4.90 Å².